The molecule has 0 spiro atoms. The number of halogens is 2. The molecule has 0 radical (unpaired) electrons. The second-order valence-corrected chi connectivity index (χ2v) is 5.28. The van der Waals surface area contributed by atoms with Gasteiger partial charge in [-0.1, -0.05) is 35.3 Å². The highest BCUT2D eigenvalue weighted by molar-refractivity contribution is 6.30. The molecule has 2 nitrogen and oxygen atoms in total. The van der Waals surface area contributed by atoms with Gasteiger partial charge in [0.05, 0.1) is 0 Å². The van der Waals surface area contributed by atoms with Gasteiger partial charge in [-0.05, 0) is 48.9 Å². The third kappa shape index (κ3) is 3.87. The fourth-order valence-electron chi connectivity index (χ4n) is 1.82. The predicted molar refractivity (Wildman–Crippen MR) is 79.9 cm³/mol. The molecule has 4 heteroatoms. The zero-order valence-electron chi connectivity index (χ0n) is 10.5. The van der Waals surface area contributed by atoms with Crippen LogP contribution in [0.3, 0.4) is 0 Å². The smallest absolute Gasteiger partial charge is 0.138 e. The Bertz CT molecular complexity index is 540. The van der Waals surface area contributed by atoms with Crippen LogP contribution < -0.4 is 10.5 Å². The van der Waals surface area contributed by atoms with E-state index in [0.717, 1.165) is 11.3 Å². The van der Waals surface area contributed by atoms with Gasteiger partial charge in [-0.2, -0.15) is 0 Å². The van der Waals surface area contributed by atoms with Gasteiger partial charge >= 0.3 is 0 Å². The fourth-order valence-corrected chi connectivity index (χ4v) is 2.15. The summed E-state index contributed by atoms with van der Waals surface area (Å²) >= 11 is 11.9. The molecule has 0 aromatic heterocycles. The quantitative estimate of drug-likeness (QED) is 0.904. The minimum absolute atomic E-state index is 0.158. The lowest BCUT2D eigenvalue weighted by atomic mass is 10.0. The summed E-state index contributed by atoms with van der Waals surface area (Å²) in [6, 6.07) is 14.6. The molecule has 2 aromatic carbocycles. The van der Waals surface area contributed by atoms with Gasteiger partial charge < -0.3 is 10.5 Å². The molecule has 2 unspecified atom stereocenters. The van der Waals surface area contributed by atoms with Crippen LogP contribution in [-0.2, 0) is 0 Å². The Morgan fingerprint density at radius 3 is 2.26 bits per heavy atom. The Morgan fingerprint density at radius 1 is 1.00 bits per heavy atom. The highest BCUT2D eigenvalue weighted by Crippen LogP contribution is 2.26. The highest BCUT2D eigenvalue weighted by atomic mass is 35.5. The van der Waals surface area contributed by atoms with E-state index in [4.69, 9.17) is 33.7 Å². The number of rotatable bonds is 4. The van der Waals surface area contributed by atoms with E-state index >= 15 is 0 Å². The van der Waals surface area contributed by atoms with E-state index in [9.17, 15) is 0 Å². The molecule has 19 heavy (non-hydrogen) atoms. The van der Waals surface area contributed by atoms with Gasteiger partial charge in [0.2, 0.25) is 0 Å². The lowest BCUT2D eigenvalue weighted by Gasteiger charge is -2.23. The average molecular weight is 296 g/mol. The molecule has 0 aliphatic rings. The van der Waals surface area contributed by atoms with Crippen LogP contribution in [0.4, 0.5) is 0 Å². The van der Waals surface area contributed by atoms with E-state index in [1.807, 2.05) is 43.3 Å². The number of benzene rings is 2. The normalized spacial score (nSPS) is 13.9. The summed E-state index contributed by atoms with van der Waals surface area (Å²) in [6.45, 7) is 1.90. The van der Waals surface area contributed by atoms with Crippen molar-refractivity contribution in [2.45, 2.75) is 19.1 Å². The molecule has 100 valence electrons. The molecule has 0 fully saturated rings. The van der Waals surface area contributed by atoms with Crippen LogP contribution in [0.5, 0.6) is 5.75 Å². The molecule has 0 saturated heterocycles. The van der Waals surface area contributed by atoms with Crippen molar-refractivity contribution in [3.63, 3.8) is 0 Å². The van der Waals surface area contributed by atoms with Gasteiger partial charge in [0.1, 0.15) is 11.9 Å². The molecule has 0 aliphatic heterocycles. The molecule has 0 aliphatic carbocycles. The van der Waals surface area contributed by atoms with Crippen molar-refractivity contribution < 1.29 is 4.74 Å². The van der Waals surface area contributed by atoms with Gasteiger partial charge in [-0.25, -0.2) is 0 Å². The van der Waals surface area contributed by atoms with E-state index < -0.39 is 0 Å². The average Bonchev–Trinajstić information content (AvgIpc) is 2.37. The first-order valence-electron chi connectivity index (χ1n) is 5.99. The molecule has 2 N–H and O–H groups in total. The monoisotopic (exact) mass is 295 g/mol. The molecular weight excluding hydrogens is 281 g/mol. The van der Waals surface area contributed by atoms with Crippen molar-refractivity contribution in [2.75, 3.05) is 0 Å². The maximum Gasteiger partial charge on any atom is 0.138 e. The number of nitrogens with two attached hydrogens (primary N) is 1. The van der Waals surface area contributed by atoms with E-state index in [0.29, 0.717) is 10.0 Å². The molecule has 0 bridgehead atoms. The van der Waals surface area contributed by atoms with E-state index in [1.54, 1.807) is 12.1 Å². The predicted octanol–water partition coefficient (Wildman–Crippen LogP) is 4.46. The van der Waals surface area contributed by atoms with Gasteiger partial charge in [0.25, 0.3) is 0 Å². The molecule has 0 heterocycles. The SMILES string of the molecule is CC(N)C(Oc1ccc(Cl)cc1)c1cccc(Cl)c1. The van der Waals surface area contributed by atoms with Crippen molar-refractivity contribution in [1.82, 2.24) is 0 Å². The van der Waals surface area contributed by atoms with Crippen LogP contribution in [0.2, 0.25) is 10.0 Å². The zero-order valence-corrected chi connectivity index (χ0v) is 12.0. The maximum atomic E-state index is 6.00. The van der Waals surface area contributed by atoms with E-state index in [2.05, 4.69) is 0 Å². The molecule has 0 amide bonds. The standard InChI is InChI=1S/C15H15Cl2NO/c1-10(18)15(11-3-2-4-13(17)9-11)19-14-7-5-12(16)6-8-14/h2-10,15H,18H2,1H3. The van der Waals surface area contributed by atoms with Crippen molar-refractivity contribution in [3.8, 4) is 5.75 Å². The first-order chi connectivity index (χ1) is 9.06. The molecule has 2 atom stereocenters. The lowest BCUT2D eigenvalue weighted by molar-refractivity contribution is 0.180. The Hall–Kier alpha value is -1.22. The van der Waals surface area contributed by atoms with E-state index in [1.165, 1.54) is 0 Å². The maximum absolute atomic E-state index is 6.00. The van der Waals surface area contributed by atoms with Crippen molar-refractivity contribution >= 4 is 23.2 Å². The summed E-state index contributed by atoms with van der Waals surface area (Å²) in [5, 5.41) is 1.34. The Balaban J connectivity index is 2.23. The van der Waals surface area contributed by atoms with Gasteiger partial charge in [0, 0.05) is 16.1 Å². The topological polar surface area (TPSA) is 35.2 Å². The van der Waals surface area contributed by atoms with Crippen LogP contribution in [0.1, 0.15) is 18.6 Å². The summed E-state index contributed by atoms with van der Waals surface area (Å²) in [6.07, 6.45) is -0.250. The third-order valence-electron chi connectivity index (χ3n) is 2.73. The minimum atomic E-state index is -0.250. The summed E-state index contributed by atoms with van der Waals surface area (Å²) < 4.78 is 5.93. The molecular formula is C15H15Cl2NO. The van der Waals surface area contributed by atoms with Crippen molar-refractivity contribution in [2.24, 2.45) is 5.73 Å². The largest absolute Gasteiger partial charge is 0.484 e. The molecule has 2 rings (SSSR count). The van der Waals surface area contributed by atoms with Crippen LogP contribution >= 0.6 is 23.2 Å². The van der Waals surface area contributed by atoms with E-state index in [-0.39, 0.29) is 12.1 Å². The van der Waals surface area contributed by atoms with Crippen LogP contribution in [-0.4, -0.2) is 6.04 Å². The summed E-state index contributed by atoms with van der Waals surface area (Å²) in [7, 11) is 0. The molecule has 2 aromatic rings. The molecule has 0 saturated carbocycles. The Morgan fingerprint density at radius 2 is 1.68 bits per heavy atom. The summed E-state index contributed by atoms with van der Waals surface area (Å²) in [4.78, 5) is 0. The fraction of sp³-hybridized carbons (Fsp3) is 0.200. The van der Waals surface area contributed by atoms with Crippen molar-refractivity contribution in [3.05, 3.63) is 64.1 Å². The van der Waals surface area contributed by atoms with Crippen LogP contribution in [0, 0.1) is 0 Å². The second-order valence-electron chi connectivity index (χ2n) is 4.41. The summed E-state index contributed by atoms with van der Waals surface area (Å²) in [5.41, 5.74) is 6.96. The lowest BCUT2D eigenvalue weighted by Crippen LogP contribution is -2.29. The number of ether oxygens (including phenoxy) is 1. The Labute approximate surface area is 123 Å². The first kappa shape index (κ1) is 14.2. The number of hydrogen-bond donors (Lipinski definition) is 1. The third-order valence-corrected chi connectivity index (χ3v) is 3.22. The van der Waals surface area contributed by atoms with Crippen LogP contribution in [0.25, 0.3) is 0 Å². The second kappa shape index (κ2) is 6.29. The van der Waals surface area contributed by atoms with Crippen molar-refractivity contribution in [1.29, 1.82) is 0 Å². The number of hydrogen-bond acceptors (Lipinski definition) is 2. The Kier molecular flexibility index (Phi) is 4.70. The van der Waals surface area contributed by atoms with Gasteiger partial charge in [-0.3, -0.25) is 0 Å². The highest BCUT2D eigenvalue weighted by Gasteiger charge is 2.18. The summed E-state index contributed by atoms with van der Waals surface area (Å²) in [5.74, 6) is 0.728. The van der Waals surface area contributed by atoms with Gasteiger partial charge in [-0.15, -0.1) is 0 Å². The minimum Gasteiger partial charge on any atom is -0.484 e. The zero-order chi connectivity index (χ0) is 13.8. The van der Waals surface area contributed by atoms with Gasteiger partial charge in [0.15, 0.2) is 0 Å². The first-order valence-corrected chi connectivity index (χ1v) is 6.75. The van der Waals surface area contributed by atoms with Crippen LogP contribution in [0.15, 0.2) is 48.5 Å².